The summed E-state index contributed by atoms with van der Waals surface area (Å²) in [5.41, 5.74) is 6.58. The van der Waals surface area contributed by atoms with Gasteiger partial charge in [0, 0.05) is 29.5 Å². The predicted octanol–water partition coefficient (Wildman–Crippen LogP) is 8.71. The van der Waals surface area contributed by atoms with E-state index in [4.69, 9.17) is 28.9 Å². The number of alkyl carbamates (subject to hydrolysis) is 2. The molecule has 3 aliphatic heterocycles. The van der Waals surface area contributed by atoms with Crippen molar-refractivity contribution in [3.63, 3.8) is 0 Å². The van der Waals surface area contributed by atoms with Gasteiger partial charge in [-0.2, -0.15) is 8.78 Å². The minimum Gasteiger partial charge on any atom is -0.488 e. The smallest absolute Gasteiger partial charge is 0.407 e. The zero-order chi connectivity index (χ0) is 48.1. The van der Waals surface area contributed by atoms with Gasteiger partial charge in [-0.05, 0) is 89.4 Å². The molecule has 0 radical (unpaired) electrons. The van der Waals surface area contributed by atoms with Crippen LogP contribution in [-0.2, 0) is 30.4 Å². The van der Waals surface area contributed by atoms with Crippen LogP contribution in [0.15, 0.2) is 79.0 Å². The molecule has 360 valence electrons. The Morgan fingerprint density at radius 2 is 1.67 bits per heavy atom. The van der Waals surface area contributed by atoms with Crippen LogP contribution >= 0.6 is 0 Å². The van der Waals surface area contributed by atoms with Crippen molar-refractivity contribution in [2.75, 3.05) is 27.4 Å². The van der Waals surface area contributed by atoms with E-state index in [-0.39, 0.29) is 37.1 Å². The highest BCUT2D eigenvalue weighted by molar-refractivity contribution is 6.07. The Kier molecular flexibility index (Phi) is 12.4. The largest absolute Gasteiger partial charge is 0.488 e. The summed E-state index contributed by atoms with van der Waals surface area (Å²) >= 11 is 0. The molecule has 1 aliphatic carbocycles. The second-order valence-electron chi connectivity index (χ2n) is 18.8. The van der Waals surface area contributed by atoms with Crippen molar-refractivity contribution in [1.29, 1.82) is 0 Å². The van der Waals surface area contributed by atoms with Crippen molar-refractivity contribution in [2.24, 2.45) is 17.8 Å². The Morgan fingerprint density at radius 3 is 2.43 bits per heavy atom. The third-order valence-corrected chi connectivity index (χ3v) is 14.3. The van der Waals surface area contributed by atoms with Gasteiger partial charge in [0.25, 0.3) is 5.91 Å². The molecule has 2 unspecified atom stereocenters. The molecule has 16 nitrogen and oxygen atoms in total. The Hall–Kier alpha value is -7.08. The van der Waals surface area contributed by atoms with Gasteiger partial charge in [-0.15, -0.1) is 0 Å². The molecule has 4 amide bonds. The number of carbonyl (C=O) groups excluding carboxylic acids is 4. The number of methoxy groups -OCH3 is 2. The number of halogens is 2. The van der Waals surface area contributed by atoms with E-state index in [2.05, 4.69) is 44.9 Å². The predicted molar refractivity (Wildman–Crippen MR) is 250 cm³/mol. The van der Waals surface area contributed by atoms with E-state index in [0.29, 0.717) is 47.4 Å². The van der Waals surface area contributed by atoms with Gasteiger partial charge >= 0.3 is 18.8 Å². The van der Waals surface area contributed by atoms with Gasteiger partial charge in [0.2, 0.25) is 5.91 Å². The molecule has 5 heterocycles. The number of aromatic amines is 2. The van der Waals surface area contributed by atoms with Crippen LogP contribution in [0.1, 0.15) is 86.9 Å². The number of fused-ring (bicyclic) bond motifs is 7. The lowest BCUT2D eigenvalue weighted by atomic mass is 9.92. The monoisotopic (exact) mass is 944 g/mol. The van der Waals surface area contributed by atoms with Crippen molar-refractivity contribution in [3.8, 4) is 28.1 Å². The van der Waals surface area contributed by atoms with E-state index in [1.807, 2.05) is 43.1 Å². The first-order chi connectivity index (χ1) is 33.4. The van der Waals surface area contributed by atoms with Crippen LogP contribution in [0.5, 0.6) is 5.75 Å². The maximum atomic E-state index is 14.4. The summed E-state index contributed by atoms with van der Waals surface area (Å²) in [5, 5.41) is 7.16. The molecule has 3 fully saturated rings. The SMILES string of the molecule is COC(=O)N[C@H](C(=O)N1C2CCCC2C[C@H]1c1ncc(-c2ccc3c(c2)COc2cc4c(ccc5[nH]c([C@@H]6C[C@H](COC(F)F)CN6C(=O)[C@H](NC(=O)OC)c6ccccc6)nc54)cc2-3)[nH]1)C(C)C. The summed E-state index contributed by atoms with van der Waals surface area (Å²) in [6, 6.07) is 20.3. The molecule has 2 saturated heterocycles. The van der Waals surface area contributed by atoms with Gasteiger partial charge in [0.1, 0.15) is 36.1 Å². The Bertz CT molecular complexity index is 2930. The number of hydrogen-bond acceptors (Lipinski definition) is 10. The van der Waals surface area contributed by atoms with E-state index >= 15 is 0 Å². The van der Waals surface area contributed by atoms with Crippen molar-refractivity contribution in [1.82, 2.24) is 40.4 Å². The summed E-state index contributed by atoms with van der Waals surface area (Å²) in [6.45, 7) is 1.01. The lowest BCUT2D eigenvalue weighted by molar-refractivity contribution is -0.139. The van der Waals surface area contributed by atoms with E-state index in [9.17, 15) is 28.0 Å². The fraction of sp³-hybridized carbons (Fsp3) is 0.412. The summed E-state index contributed by atoms with van der Waals surface area (Å²) < 4.78 is 47.4. The number of likely N-dealkylation sites (tertiary alicyclic amines) is 2. The number of carbonyl (C=O) groups is 4. The number of benzene rings is 4. The van der Waals surface area contributed by atoms with Crippen LogP contribution in [0.25, 0.3) is 44.2 Å². The quantitative estimate of drug-likeness (QED) is 0.0922. The number of amides is 4. The second kappa shape index (κ2) is 18.8. The summed E-state index contributed by atoms with van der Waals surface area (Å²) in [4.78, 5) is 73.8. The number of hydrogen-bond donors (Lipinski definition) is 4. The Labute approximate surface area is 396 Å². The molecule has 0 spiro atoms. The van der Waals surface area contributed by atoms with E-state index in [1.165, 1.54) is 14.2 Å². The molecule has 4 N–H and O–H groups in total. The number of nitrogens with one attached hydrogen (secondary N) is 4. The summed E-state index contributed by atoms with van der Waals surface area (Å²) in [6.07, 6.45) is 4.49. The molecule has 6 aromatic rings. The number of ether oxygens (including phenoxy) is 4. The molecule has 2 aromatic heterocycles. The fourth-order valence-corrected chi connectivity index (χ4v) is 11.0. The van der Waals surface area contributed by atoms with E-state index in [1.54, 1.807) is 35.2 Å². The third-order valence-electron chi connectivity index (χ3n) is 14.3. The number of rotatable bonds is 12. The molecule has 4 aromatic carbocycles. The summed E-state index contributed by atoms with van der Waals surface area (Å²) in [7, 11) is 2.51. The molecule has 1 saturated carbocycles. The second-order valence-corrected chi connectivity index (χ2v) is 18.8. The highest BCUT2D eigenvalue weighted by atomic mass is 19.3. The van der Waals surface area contributed by atoms with E-state index in [0.717, 1.165) is 69.9 Å². The molecule has 0 bridgehead atoms. The van der Waals surface area contributed by atoms with Crippen LogP contribution in [0.3, 0.4) is 0 Å². The normalized spacial score (nSPS) is 21.5. The lowest BCUT2D eigenvalue weighted by Gasteiger charge is -2.33. The van der Waals surface area contributed by atoms with Crippen LogP contribution < -0.4 is 15.4 Å². The first-order valence-electron chi connectivity index (χ1n) is 23.4. The minimum absolute atomic E-state index is 0.0833. The standard InChI is InChI=1S/C51H54F2N8O8/c1-26(2)42(58-50(64)66-3)48(63)61-38-12-8-11-31(38)20-40(61)45-54-22-37(56-45)30-13-15-33-32(18-30)25-68-41-21-34-29(19-35(33)41)14-16-36-44(34)57-46(55-36)39-17-27(24-69-49(52)53)23-60(39)47(62)43(59-51(65)67-4)28-9-6-5-7-10-28/h5-7,9-10,13-16,18-19,21-22,26-27,31,38-40,42-43,49H,8,11-12,17,20,23-25H2,1-4H3,(H,54,56)(H,55,57)(H,58,64)(H,59,65)/t27-,31?,38?,39-,40-,42-,43+/m0/s1. The minimum atomic E-state index is -2.97. The number of imidazole rings is 2. The molecule has 4 aliphatic rings. The number of alkyl halides is 2. The number of nitrogens with zero attached hydrogens (tertiary/aromatic N) is 4. The maximum absolute atomic E-state index is 14.4. The fourth-order valence-electron chi connectivity index (χ4n) is 11.0. The van der Waals surface area contributed by atoms with Gasteiger partial charge in [-0.3, -0.25) is 9.59 Å². The Balaban J connectivity index is 0.923. The van der Waals surface area contributed by atoms with Crippen LogP contribution in [-0.4, -0.2) is 99.8 Å². The third kappa shape index (κ3) is 8.70. The van der Waals surface area contributed by atoms with Gasteiger partial charge < -0.3 is 49.3 Å². The molecule has 18 heteroatoms. The van der Waals surface area contributed by atoms with Crippen molar-refractivity contribution in [2.45, 2.75) is 89.4 Å². The molecular weight excluding hydrogens is 891 g/mol. The number of aromatic nitrogens is 4. The highest BCUT2D eigenvalue weighted by Gasteiger charge is 2.49. The molecule has 10 rings (SSSR count). The van der Waals surface area contributed by atoms with Gasteiger partial charge in [0.05, 0.1) is 55.8 Å². The average molecular weight is 945 g/mol. The highest BCUT2D eigenvalue weighted by Crippen LogP contribution is 2.48. The molecule has 69 heavy (non-hydrogen) atoms. The van der Waals surface area contributed by atoms with Gasteiger partial charge in [0.15, 0.2) is 0 Å². The topological polar surface area (TPSA) is 193 Å². The first-order valence-corrected chi connectivity index (χ1v) is 23.4. The zero-order valence-electron chi connectivity index (χ0n) is 38.7. The van der Waals surface area contributed by atoms with Gasteiger partial charge in [-0.1, -0.05) is 68.8 Å². The van der Waals surface area contributed by atoms with Gasteiger partial charge in [-0.25, -0.2) is 19.6 Å². The van der Waals surface area contributed by atoms with Crippen LogP contribution in [0.4, 0.5) is 18.4 Å². The maximum Gasteiger partial charge on any atom is 0.407 e. The summed E-state index contributed by atoms with van der Waals surface area (Å²) in [5.74, 6) is 1.09. The molecular formula is C51H54F2N8O8. The number of H-pyrrole nitrogens is 2. The molecule has 7 atom stereocenters. The van der Waals surface area contributed by atoms with Crippen molar-refractivity contribution >= 4 is 45.8 Å². The van der Waals surface area contributed by atoms with E-state index < -0.39 is 48.7 Å². The zero-order valence-corrected chi connectivity index (χ0v) is 38.7. The average Bonchev–Trinajstić information content (AvgIpc) is 4.22. The van der Waals surface area contributed by atoms with Crippen molar-refractivity contribution < 1.29 is 46.9 Å². The first kappa shape index (κ1) is 45.7. The Morgan fingerprint density at radius 1 is 0.870 bits per heavy atom. The van der Waals surface area contributed by atoms with Crippen molar-refractivity contribution in [3.05, 3.63) is 102 Å². The lowest BCUT2D eigenvalue weighted by Crippen LogP contribution is -2.53. The van der Waals surface area contributed by atoms with Crippen LogP contribution in [0, 0.1) is 17.8 Å². The van der Waals surface area contributed by atoms with Crippen LogP contribution in [0.2, 0.25) is 0 Å².